The second-order valence-electron chi connectivity index (χ2n) is 3.21. The highest BCUT2D eigenvalue weighted by atomic mass is 16.2. The summed E-state index contributed by atoms with van der Waals surface area (Å²) in [5, 5.41) is 3.08. The van der Waals surface area contributed by atoms with Gasteiger partial charge in [-0.15, -0.1) is 0 Å². The van der Waals surface area contributed by atoms with Crippen LogP contribution in [-0.2, 0) is 11.3 Å². The molecule has 4 nitrogen and oxygen atoms in total. The monoisotopic (exact) mass is 195 g/mol. The van der Waals surface area contributed by atoms with Crippen LogP contribution in [0, 0.1) is 0 Å². The van der Waals surface area contributed by atoms with Gasteiger partial charge in [-0.1, -0.05) is 0 Å². The largest absolute Gasteiger partial charge is 0.364 e. The van der Waals surface area contributed by atoms with Gasteiger partial charge < -0.3 is 15.2 Å². The van der Waals surface area contributed by atoms with Gasteiger partial charge in [-0.25, -0.2) is 0 Å². The maximum atomic E-state index is 11.4. The van der Waals surface area contributed by atoms with Crippen LogP contribution in [0.25, 0.3) is 0 Å². The van der Waals surface area contributed by atoms with E-state index in [9.17, 15) is 4.79 Å². The molecule has 0 atom stereocenters. The Hall–Kier alpha value is -1.29. The number of carbonyl (C=O) groups excluding carboxylic acids is 1. The lowest BCUT2D eigenvalue weighted by molar-refractivity contribution is -0.128. The summed E-state index contributed by atoms with van der Waals surface area (Å²) in [4.78, 5) is 16.1. The topological polar surface area (TPSA) is 48.1 Å². The van der Waals surface area contributed by atoms with Gasteiger partial charge in [0.15, 0.2) is 0 Å². The summed E-state index contributed by atoms with van der Waals surface area (Å²) in [7, 11) is 1.80. The SMILES string of the molecule is CCN(C)C(=O)CNCc1ccc[nH]1. The number of nitrogens with zero attached hydrogens (tertiary/aromatic N) is 1. The highest BCUT2D eigenvalue weighted by Gasteiger charge is 2.04. The number of aromatic amines is 1. The van der Waals surface area contributed by atoms with Crippen molar-refractivity contribution in [2.24, 2.45) is 0 Å². The number of nitrogens with one attached hydrogen (secondary N) is 2. The fourth-order valence-electron chi connectivity index (χ4n) is 1.09. The summed E-state index contributed by atoms with van der Waals surface area (Å²) < 4.78 is 0. The van der Waals surface area contributed by atoms with Crippen molar-refractivity contribution in [2.75, 3.05) is 20.1 Å². The summed E-state index contributed by atoms with van der Waals surface area (Å²) >= 11 is 0. The maximum absolute atomic E-state index is 11.4. The predicted molar refractivity (Wildman–Crippen MR) is 55.8 cm³/mol. The first kappa shape index (κ1) is 10.8. The molecule has 1 aromatic rings. The summed E-state index contributed by atoms with van der Waals surface area (Å²) in [6.45, 7) is 3.81. The second-order valence-corrected chi connectivity index (χ2v) is 3.21. The van der Waals surface area contributed by atoms with E-state index in [0.29, 0.717) is 13.1 Å². The average Bonchev–Trinajstić information content (AvgIpc) is 2.69. The third kappa shape index (κ3) is 3.22. The van der Waals surface area contributed by atoms with E-state index in [-0.39, 0.29) is 5.91 Å². The van der Waals surface area contributed by atoms with Crippen molar-refractivity contribution in [3.8, 4) is 0 Å². The van der Waals surface area contributed by atoms with Crippen molar-refractivity contribution in [3.05, 3.63) is 24.0 Å². The molecule has 0 unspecified atom stereocenters. The first-order valence-electron chi connectivity index (χ1n) is 4.81. The van der Waals surface area contributed by atoms with Crippen molar-refractivity contribution in [2.45, 2.75) is 13.5 Å². The van der Waals surface area contributed by atoms with Crippen molar-refractivity contribution in [3.63, 3.8) is 0 Å². The Kier molecular flexibility index (Phi) is 4.19. The van der Waals surface area contributed by atoms with Gasteiger partial charge in [0, 0.05) is 32.0 Å². The lowest BCUT2D eigenvalue weighted by Gasteiger charge is -2.14. The number of carbonyl (C=O) groups is 1. The number of aromatic nitrogens is 1. The molecule has 1 rings (SSSR count). The van der Waals surface area contributed by atoms with Crippen LogP contribution in [-0.4, -0.2) is 35.9 Å². The number of rotatable bonds is 5. The molecule has 0 aliphatic heterocycles. The summed E-state index contributed by atoms with van der Waals surface area (Å²) in [5.41, 5.74) is 1.09. The minimum Gasteiger partial charge on any atom is -0.364 e. The first-order chi connectivity index (χ1) is 6.74. The molecule has 0 bridgehead atoms. The molecule has 0 aliphatic rings. The molecule has 0 fully saturated rings. The van der Waals surface area contributed by atoms with Gasteiger partial charge in [0.1, 0.15) is 0 Å². The van der Waals surface area contributed by atoms with E-state index >= 15 is 0 Å². The van der Waals surface area contributed by atoms with E-state index in [2.05, 4.69) is 10.3 Å². The zero-order valence-electron chi connectivity index (χ0n) is 8.71. The predicted octanol–water partition coefficient (Wildman–Crippen LogP) is 0.583. The third-order valence-corrected chi connectivity index (χ3v) is 2.15. The van der Waals surface area contributed by atoms with Gasteiger partial charge in [0.25, 0.3) is 0 Å². The van der Waals surface area contributed by atoms with Gasteiger partial charge in [-0.05, 0) is 19.1 Å². The molecule has 78 valence electrons. The maximum Gasteiger partial charge on any atom is 0.236 e. The molecule has 0 aliphatic carbocycles. The molecule has 0 spiro atoms. The Morgan fingerprint density at radius 1 is 1.64 bits per heavy atom. The minimum absolute atomic E-state index is 0.124. The van der Waals surface area contributed by atoms with Crippen LogP contribution in [0.4, 0.5) is 0 Å². The molecule has 1 aromatic heterocycles. The van der Waals surface area contributed by atoms with E-state index in [4.69, 9.17) is 0 Å². The molecule has 0 saturated heterocycles. The normalized spacial score (nSPS) is 10.1. The van der Waals surface area contributed by atoms with Crippen molar-refractivity contribution in [1.82, 2.24) is 15.2 Å². The fourth-order valence-corrected chi connectivity index (χ4v) is 1.09. The number of hydrogen-bond donors (Lipinski definition) is 2. The lowest BCUT2D eigenvalue weighted by atomic mass is 10.4. The number of H-pyrrole nitrogens is 1. The van der Waals surface area contributed by atoms with Crippen LogP contribution in [0.1, 0.15) is 12.6 Å². The molecular formula is C10H17N3O. The van der Waals surface area contributed by atoms with Gasteiger partial charge >= 0.3 is 0 Å². The molecule has 2 N–H and O–H groups in total. The van der Waals surface area contributed by atoms with Crippen LogP contribution in [0.2, 0.25) is 0 Å². The highest BCUT2D eigenvalue weighted by Crippen LogP contribution is 1.92. The fraction of sp³-hybridized carbons (Fsp3) is 0.500. The Morgan fingerprint density at radius 3 is 3.00 bits per heavy atom. The summed E-state index contributed by atoms with van der Waals surface area (Å²) in [6, 6.07) is 3.93. The minimum atomic E-state index is 0.124. The van der Waals surface area contributed by atoms with Crippen molar-refractivity contribution < 1.29 is 4.79 Å². The van der Waals surface area contributed by atoms with Gasteiger partial charge in [0.05, 0.1) is 6.54 Å². The molecule has 14 heavy (non-hydrogen) atoms. The Balaban J connectivity index is 2.18. The summed E-state index contributed by atoms with van der Waals surface area (Å²) in [5.74, 6) is 0.124. The zero-order chi connectivity index (χ0) is 10.4. The number of amides is 1. The zero-order valence-corrected chi connectivity index (χ0v) is 8.71. The molecule has 0 radical (unpaired) electrons. The van der Waals surface area contributed by atoms with Crippen LogP contribution in [0.3, 0.4) is 0 Å². The van der Waals surface area contributed by atoms with E-state index in [1.54, 1.807) is 11.9 Å². The van der Waals surface area contributed by atoms with Crippen LogP contribution in [0.5, 0.6) is 0 Å². The first-order valence-corrected chi connectivity index (χ1v) is 4.81. The highest BCUT2D eigenvalue weighted by molar-refractivity contribution is 5.77. The third-order valence-electron chi connectivity index (χ3n) is 2.15. The molecule has 1 amide bonds. The Labute approximate surface area is 84.3 Å². The lowest BCUT2D eigenvalue weighted by Crippen LogP contribution is -2.35. The smallest absolute Gasteiger partial charge is 0.236 e. The quantitative estimate of drug-likeness (QED) is 0.722. The van der Waals surface area contributed by atoms with Crippen molar-refractivity contribution >= 4 is 5.91 Å². The van der Waals surface area contributed by atoms with Crippen LogP contribution >= 0.6 is 0 Å². The van der Waals surface area contributed by atoms with E-state index < -0.39 is 0 Å². The van der Waals surface area contributed by atoms with E-state index in [1.165, 1.54) is 0 Å². The van der Waals surface area contributed by atoms with Gasteiger partial charge in [0.2, 0.25) is 5.91 Å². The molecule has 1 heterocycles. The number of hydrogen-bond acceptors (Lipinski definition) is 2. The molecule has 0 saturated carbocycles. The van der Waals surface area contributed by atoms with Crippen LogP contribution < -0.4 is 5.32 Å². The second kappa shape index (κ2) is 5.44. The Bertz CT molecular complexity index is 269. The van der Waals surface area contributed by atoms with Gasteiger partial charge in [-0.2, -0.15) is 0 Å². The molecular weight excluding hydrogens is 178 g/mol. The standard InChI is InChI=1S/C10H17N3O/c1-3-13(2)10(14)8-11-7-9-5-4-6-12-9/h4-6,11-12H,3,7-8H2,1-2H3. The summed E-state index contributed by atoms with van der Waals surface area (Å²) in [6.07, 6.45) is 1.87. The van der Waals surface area contributed by atoms with Crippen LogP contribution in [0.15, 0.2) is 18.3 Å². The molecule has 0 aromatic carbocycles. The van der Waals surface area contributed by atoms with Crippen molar-refractivity contribution in [1.29, 1.82) is 0 Å². The van der Waals surface area contributed by atoms with E-state index in [0.717, 1.165) is 12.2 Å². The average molecular weight is 195 g/mol. The number of likely N-dealkylation sites (N-methyl/N-ethyl adjacent to an activating group) is 1. The van der Waals surface area contributed by atoms with Gasteiger partial charge in [-0.3, -0.25) is 4.79 Å². The Morgan fingerprint density at radius 2 is 2.43 bits per heavy atom. The van der Waals surface area contributed by atoms with E-state index in [1.807, 2.05) is 25.3 Å². The molecule has 4 heteroatoms.